The van der Waals surface area contributed by atoms with Crippen LogP contribution in [0.25, 0.3) is 5.65 Å². The van der Waals surface area contributed by atoms with Crippen molar-refractivity contribution in [3.05, 3.63) is 22.9 Å². The SMILES string of the molecule is Brc1cnc2ccc(NC3CCNCC3)nn12. The predicted molar refractivity (Wildman–Crippen MR) is 70.2 cm³/mol. The van der Waals surface area contributed by atoms with Gasteiger partial charge in [0.1, 0.15) is 10.4 Å². The number of anilines is 1. The third-order valence-electron chi connectivity index (χ3n) is 3.01. The first-order valence-corrected chi connectivity index (χ1v) is 6.60. The zero-order valence-corrected chi connectivity index (χ0v) is 10.9. The van der Waals surface area contributed by atoms with E-state index < -0.39 is 0 Å². The van der Waals surface area contributed by atoms with Crippen molar-refractivity contribution in [2.75, 3.05) is 18.4 Å². The molecule has 0 atom stereocenters. The van der Waals surface area contributed by atoms with Gasteiger partial charge in [0.2, 0.25) is 0 Å². The first kappa shape index (κ1) is 11.0. The summed E-state index contributed by atoms with van der Waals surface area (Å²) in [6.45, 7) is 2.16. The Labute approximate surface area is 108 Å². The first-order valence-electron chi connectivity index (χ1n) is 5.80. The number of aromatic nitrogens is 3. The Morgan fingerprint density at radius 2 is 2.18 bits per heavy atom. The van der Waals surface area contributed by atoms with Gasteiger partial charge >= 0.3 is 0 Å². The van der Waals surface area contributed by atoms with Crippen LogP contribution in [0.3, 0.4) is 0 Å². The van der Waals surface area contributed by atoms with Gasteiger partial charge in [-0.05, 0) is 54.0 Å². The number of piperidine rings is 1. The summed E-state index contributed by atoms with van der Waals surface area (Å²) in [5.74, 6) is 0.906. The van der Waals surface area contributed by atoms with Gasteiger partial charge in [0, 0.05) is 6.04 Å². The molecule has 17 heavy (non-hydrogen) atoms. The smallest absolute Gasteiger partial charge is 0.154 e. The summed E-state index contributed by atoms with van der Waals surface area (Å²) in [6, 6.07) is 4.47. The number of imidazole rings is 1. The number of rotatable bonds is 2. The van der Waals surface area contributed by atoms with Crippen molar-refractivity contribution in [1.29, 1.82) is 0 Å². The van der Waals surface area contributed by atoms with Crippen LogP contribution in [0.1, 0.15) is 12.8 Å². The molecule has 0 aromatic carbocycles. The highest BCUT2D eigenvalue weighted by Crippen LogP contribution is 2.15. The fraction of sp³-hybridized carbons (Fsp3) is 0.455. The highest BCUT2D eigenvalue weighted by Gasteiger charge is 2.13. The molecule has 1 fully saturated rings. The van der Waals surface area contributed by atoms with Crippen LogP contribution >= 0.6 is 15.9 Å². The molecule has 0 unspecified atom stereocenters. The molecule has 0 amide bonds. The van der Waals surface area contributed by atoms with Crippen molar-refractivity contribution >= 4 is 27.4 Å². The van der Waals surface area contributed by atoms with Crippen molar-refractivity contribution < 1.29 is 0 Å². The minimum Gasteiger partial charge on any atom is -0.366 e. The van der Waals surface area contributed by atoms with E-state index in [4.69, 9.17) is 0 Å². The molecule has 0 saturated carbocycles. The molecular formula is C11H14BrN5. The number of halogens is 1. The topological polar surface area (TPSA) is 54.2 Å². The molecule has 2 aromatic heterocycles. The lowest BCUT2D eigenvalue weighted by molar-refractivity contribution is 0.477. The Morgan fingerprint density at radius 1 is 1.35 bits per heavy atom. The molecular weight excluding hydrogens is 282 g/mol. The van der Waals surface area contributed by atoms with Crippen LogP contribution in [0.4, 0.5) is 5.82 Å². The van der Waals surface area contributed by atoms with Crippen LogP contribution in [0, 0.1) is 0 Å². The maximum atomic E-state index is 4.50. The molecule has 1 aliphatic heterocycles. The van der Waals surface area contributed by atoms with Gasteiger partial charge < -0.3 is 10.6 Å². The Balaban J connectivity index is 1.82. The Hall–Kier alpha value is -1.14. The van der Waals surface area contributed by atoms with Crippen molar-refractivity contribution in [3.8, 4) is 0 Å². The lowest BCUT2D eigenvalue weighted by Crippen LogP contribution is -2.35. The number of nitrogens with zero attached hydrogens (tertiary/aromatic N) is 3. The summed E-state index contributed by atoms with van der Waals surface area (Å²) in [6.07, 6.45) is 4.05. The Morgan fingerprint density at radius 3 is 3.00 bits per heavy atom. The highest BCUT2D eigenvalue weighted by atomic mass is 79.9. The second kappa shape index (κ2) is 4.62. The summed E-state index contributed by atoms with van der Waals surface area (Å²) < 4.78 is 2.67. The predicted octanol–water partition coefficient (Wildman–Crippen LogP) is 1.66. The van der Waals surface area contributed by atoms with Crippen LogP contribution in [0.2, 0.25) is 0 Å². The molecule has 0 aliphatic carbocycles. The van der Waals surface area contributed by atoms with E-state index in [1.54, 1.807) is 10.7 Å². The molecule has 0 spiro atoms. The largest absolute Gasteiger partial charge is 0.366 e. The minimum absolute atomic E-state index is 0.517. The minimum atomic E-state index is 0.517. The van der Waals surface area contributed by atoms with Crippen LogP contribution in [-0.2, 0) is 0 Å². The van der Waals surface area contributed by atoms with E-state index in [-0.39, 0.29) is 0 Å². The Bertz CT molecular complexity index is 518. The molecule has 0 radical (unpaired) electrons. The second-order valence-electron chi connectivity index (χ2n) is 4.24. The van der Waals surface area contributed by atoms with Gasteiger partial charge in [-0.1, -0.05) is 0 Å². The Kier molecular flexibility index (Phi) is 2.98. The van der Waals surface area contributed by atoms with Gasteiger partial charge in [-0.15, -0.1) is 5.10 Å². The maximum Gasteiger partial charge on any atom is 0.154 e. The van der Waals surface area contributed by atoms with Crippen molar-refractivity contribution in [2.45, 2.75) is 18.9 Å². The first-order chi connectivity index (χ1) is 8.33. The molecule has 90 valence electrons. The van der Waals surface area contributed by atoms with E-state index in [9.17, 15) is 0 Å². The molecule has 2 N–H and O–H groups in total. The molecule has 1 aliphatic rings. The number of nitrogens with one attached hydrogen (secondary N) is 2. The molecule has 5 nitrogen and oxygen atoms in total. The normalized spacial score (nSPS) is 17.5. The highest BCUT2D eigenvalue weighted by molar-refractivity contribution is 9.10. The molecule has 3 rings (SSSR count). The summed E-state index contributed by atoms with van der Waals surface area (Å²) in [5.41, 5.74) is 0.854. The van der Waals surface area contributed by atoms with Crippen molar-refractivity contribution in [3.63, 3.8) is 0 Å². The summed E-state index contributed by atoms with van der Waals surface area (Å²) in [7, 11) is 0. The van der Waals surface area contributed by atoms with Crippen molar-refractivity contribution in [2.24, 2.45) is 0 Å². The lowest BCUT2D eigenvalue weighted by atomic mass is 10.1. The van der Waals surface area contributed by atoms with Gasteiger partial charge in [-0.3, -0.25) is 0 Å². The summed E-state index contributed by atoms with van der Waals surface area (Å²) in [4.78, 5) is 4.22. The van der Waals surface area contributed by atoms with Crippen LogP contribution in [-0.4, -0.2) is 33.7 Å². The zero-order valence-electron chi connectivity index (χ0n) is 9.36. The van der Waals surface area contributed by atoms with Crippen molar-refractivity contribution in [1.82, 2.24) is 19.9 Å². The summed E-state index contributed by atoms with van der Waals surface area (Å²) in [5, 5.41) is 11.3. The van der Waals surface area contributed by atoms with Gasteiger partial charge in [0.25, 0.3) is 0 Å². The second-order valence-corrected chi connectivity index (χ2v) is 5.05. The molecule has 6 heteroatoms. The van der Waals surface area contributed by atoms with Crippen LogP contribution in [0.5, 0.6) is 0 Å². The van der Waals surface area contributed by atoms with E-state index in [0.29, 0.717) is 6.04 Å². The fourth-order valence-corrected chi connectivity index (χ4v) is 2.46. The molecule has 2 aromatic rings. The lowest BCUT2D eigenvalue weighted by Gasteiger charge is -2.24. The molecule has 1 saturated heterocycles. The van der Waals surface area contributed by atoms with Gasteiger partial charge in [-0.2, -0.15) is 0 Å². The average molecular weight is 296 g/mol. The van der Waals surface area contributed by atoms with Gasteiger partial charge in [0.15, 0.2) is 5.65 Å². The van der Waals surface area contributed by atoms with Gasteiger partial charge in [0.05, 0.1) is 6.20 Å². The summed E-state index contributed by atoms with van der Waals surface area (Å²) >= 11 is 3.43. The maximum absolute atomic E-state index is 4.50. The standard InChI is InChI=1S/C11H14BrN5/c12-9-7-14-11-2-1-10(16-17(9)11)15-8-3-5-13-6-4-8/h1-2,7-8,13H,3-6H2,(H,15,16). The number of hydrogen-bond acceptors (Lipinski definition) is 4. The average Bonchev–Trinajstić information content (AvgIpc) is 2.73. The monoisotopic (exact) mass is 295 g/mol. The third-order valence-corrected chi connectivity index (χ3v) is 3.55. The molecule has 0 bridgehead atoms. The third kappa shape index (κ3) is 2.28. The quantitative estimate of drug-likeness (QED) is 0.885. The van der Waals surface area contributed by atoms with E-state index >= 15 is 0 Å². The number of hydrogen-bond donors (Lipinski definition) is 2. The van der Waals surface area contributed by atoms with Crippen LogP contribution < -0.4 is 10.6 Å². The van der Waals surface area contributed by atoms with E-state index in [2.05, 4.69) is 36.6 Å². The van der Waals surface area contributed by atoms with E-state index in [1.807, 2.05) is 12.1 Å². The van der Waals surface area contributed by atoms with E-state index in [0.717, 1.165) is 42.0 Å². The zero-order chi connectivity index (χ0) is 11.7. The van der Waals surface area contributed by atoms with E-state index in [1.165, 1.54) is 0 Å². The number of fused-ring (bicyclic) bond motifs is 1. The molecule has 3 heterocycles. The fourth-order valence-electron chi connectivity index (χ4n) is 2.10. The van der Waals surface area contributed by atoms with Crippen LogP contribution in [0.15, 0.2) is 22.9 Å². The van der Waals surface area contributed by atoms with Gasteiger partial charge in [-0.25, -0.2) is 9.50 Å².